The topological polar surface area (TPSA) is 20.2 Å². The Morgan fingerprint density at radius 1 is 0.500 bits per heavy atom. The molecule has 0 amide bonds. The van der Waals surface area contributed by atoms with Gasteiger partial charge < -0.3 is 5.11 Å². The molecule has 8 aliphatic carbocycles. The molecule has 8 fully saturated rings. The van der Waals surface area contributed by atoms with Crippen LogP contribution in [0.5, 0.6) is 0 Å². The van der Waals surface area contributed by atoms with Gasteiger partial charge in [0.25, 0.3) is 0 Å². The summed E-state index contributed by atoms with van der Waals surface area (Å²) in [5.41, 5.74) is 0.556. The van der Waals surface area contributed by atoms with Gasteiger partial charge >= 0.3 is 0 Å². The zero-order valence-corrected chi connectivity index (χ0v) is 13.9. The van der Waals surface area contributed by atoms with Crippen LogP contribution in [0, 0.1) is 52.4 Å². The van der Waals surface area contributed by atoms with E-state index in [0.717, 1.165) is 41.6 Å². The molecule has 0 atom stereocenters. The van der Waals surface area contributed by atoms with Crippen molar-refractivity contribution in [3.8, 4) is 0 Å². The Kier molecular flexibility index (Phi) is 2.49. The number of aliphatic hydroxyl groups excluding tert-OH is 1. The molecule has 8 rings (SSSR count). The lowest BCUT2D eigenvalue weighted by atomic mass is 9.41. The van der Waals surface area contributed by atoms with Crippen LogP contribution in [0.1, 0.15) is 77.0 Å². The van der Waals surface area contributed by atoms with Crippen molar-refractivity contribution >= 4 is 0 Å². The number of hydrogen-bond donors (Lipinski definition) is 1. The number of hydrogen-bond acceptors (Lipinski definition) is 1. The first-order valence-electron chi connectivity index (χ1n) is 10.2. The van der Waals surface area contributed by atoms with Crippen molar-refractivity contribution in [2.45, 2.75) is 77.0 Å². The van der Waals surface area contributed by atoms with Crippen molar-refractivity contribution in [2.24, 2.45) is 46.3 Å². The molecule has 1 radical (unpaired) electrons. The van der Waals surface area contributed by atoms with E-state index in [4.69, 9.17) is 0 Å². The van der Waals surface area contributed by atoms with Crippen LogP contribution in [0.25, 0.3) is 0 Å². The zero-order valence-electron chi connectivity index (χ0n) is 13.9. The molecule has 0 unspecified atom stereocenters. The van der Waals surface area contributed by atoms with Crippen molar-refractivity contribution in [1.82, 2.24) is 0 Å². The molecule has 0 aromatic heterocycles. The van der Waals surface area contributed by atoms with Crippen LogP contribution < -0.4 is 0 Å². The van der Waals surface area contributed by atoms with Crippen LogP contribution in [0.3, 0.4) is 0 Å². The fourth-order valence-corrected chi connectivity index (χ4v) is 9.36. The van der Waals surface area contributed by atoms with E-state index in [2.05, 4.69) is 0 Å². The van der Waals surface area contributed by atoms with Gasteiger partial charge in [-0.2, -0.15) is 0 Å². The minimum absolute atomic E-state index is 0.278. The fourth-order valence-electron chi connectivity index (χ4n) is 9.36. The van der Waals surface area contributed by atoms with Crippen molar-refractivity contribution < 1.29 is 5.11 Å². The lowest BCUT2D eigenvalue weighted by Gasteiger charge is -2.65. The van der Waals surface area contributed by atoms with Gasteiger partial charge in [0, 0.05) is 10.8 Å². The summed E-state index contributed by atoms with van der Waals surface area (Å²) in [5.74, 6) is 5.76. The first-order chi connectivity index (χ1) is 10.6. The second-order valence-corrected chi connectivity index (χ2v) is 10.7. The molecule has 0 aromatic rings. The van der Waals surface area contributed by atoms with Gasteiger partial charge in [-0.25, -0.2) is 0 Å². The van der Waals surface area contributed by atoms with E-state index in [1.807, 2.05) is 0 Å². The molecular weight excluding hydrogens is 268 g/mol. The molecule has 121 valence electrons. The molecule has 0 saturated heterocycles. The average Bonchev–Trinajstić information content (AvgIpc) is 2.43. The Morgan fingerprint density at radius 3 is 0.955 bits per heavy atom. The second-order valence-electron chi connectivity index (χ2n) is 10.7. The van der Waals surface area contributed by atoms with E-state index >= 15 is 0 Å². The summed E-state index contributed by atoms with van der Waals surface area (Å²) in [5, 5.41) is 11.7. The molecule has 1 N–H and O–H groups in total. The quantitative estimate of drug-likeness (QED) is 0.731. The summed E-state index contributed by atoms with van der Waals surface area (Å²) < 4.78 is 0. The summed E-state index contributed by atoms with van der Waals surface area (Å²) in [4.78, 5) is 0. The van der Waals surface area contributed by atoms with Gasteiger partial charge in [0.15, 0.2) is 0 Å². The highest BCUT2D eigenvalue weighted by Gasteiger charge is 2.63. The average molecular weight is 299 g/mol. The van der Waals surface area contributed by atoms with Gasteiger partial charge in [-0.05, 0) is 113 Å². The smallest absolute Gasteiger partial charge is 0.106 e. The third-order valence-electron chi connectivity index (χ3n) is 9.08. The summed E-state index contributed by atoms with van der Waals surface area (Å²) in [6, 6.07) is 0. The Labute approximate surface area is 135 Å². The Hall–Kier alpha value is -0.0400. The van der Waals surface area contributed by atoms with Crippen LogP contribution >= 0.6 is 0 Å². The molecule has 8 aliphatic rings. The van der Waals surface area contributed by atoms with Crippen molar-refractivity contribution in [3.05, 3.63) is 6.10 Å². The predicted molar refractivity (Wildman–Crippen MR) is 86.4 cm³/mol. The monoisotopic (exact) mass is 299 g/mol. The van der Waals surface area contributed by atoms with Crippen molar-refractivity contribution in [3.63, 3.8) is 0 Å². The van der Waals surface area contributed by atoms with Gasteiger partial charge in [0.1, 0.15) is 6.10 Å². The normalized spacial score (nSPS) is 61.4. The highest BCUT2D eigenvalue weighted by atomic mass is 16.3. The van der Waals surface area contributed by atoms with Crippen LogP contribution in [0.2, 0.25) is 0 Å². The molecule has 0 aromatic carbocycles. The summed E-state index contributed by atoms with van der Waals surface area (Å²) in [6.07, 6.45) is 18.2. The fraction of sp³-hybridized carbons (Fsp3) is 0.952. The maximum Gasteiger partial charge on any atom is 0.106 e. The summed E-state index contributed by atoms with van der Waals surface area (Å²) >= 11 is 0. The maximum absolute atomic E-state index is 11.7. The molecule has 0 aliphatic heterocycles. The highest BCUT2D eigenvalue weighted by Crippen LogP contribution is 2.71. The number of aliphatic hydroxyl groups is 1. The maximum atomic E-state index is 11.7. The standard InChI is InChI=1S/C21H31O/c22-19(20-7-13-1-14(8-20)3-15(2-13)9-20)21-10-16-4-17(11-21)6-18(5-16)12-21/h13-18,22H,1-12H2. The minimum atomic E-state index is 0.278. The van der Waals surface area contributed by atoms with Crippen LogP contribution in [0.4, 0.5) is 0 Å². The van der Waals surface area contributed by atoms with E-state index in [-0.39, 0.29) is 10.8 Å². The van der Waals surface area contributed by atoms with Crippen LogP contribution in [-0.4, -0.2) is 5.11 Å². The second kappa shape index (κ2) is 4.13. The Balaban J connectivity index is 1.36. The Morgan fingerprint density at radius 2 is 0.727 bits per heavy atom. The van der Waals surface area contributed by atoms with Gasteiger partial charge in [-0.1, -0.05) is 0 Å². The predicted octanol–water partition coefficient (Wildman–Crippen LogP) is 5.32. The lowest BCUT2D eigenvalue weighted by Crippen LogP contribution is -2.57. The lowest BCUT2D eigenvalue weighted by molar-refractivity contribution is -0.149. The van der Waals surface area contributed by atoms with Crippen LogP contribution in [-0.2, 0) is 0 Å². The van der Waals surface area contributed by atoms with Crippen LogP contribution in [0.15, 0.2) is 0 Å². The molecule has 1 nitrogen and oxygen atoms in total. The van der Waals surface area contributed by atoms with Gasteiger partial charge in [-0.3, -0.25) is 0 Å². The molecule has 8 saturated carbocycles. The molecule has 8 bridgehead atoms. The minimum Gasteiger partial charge on any atom is -0.386 e. The molecule has 0 heterocycles. The first-order valence-corrected chi connectivity index (χ1v) is 10.2. The Bertz CT molecular complexity index is 378. The van der Waals surface area contributed by atoms with E-state index < -0.39 is 0 Å². The zero-order chi connectivity index (χ0) is 14.5. The third kappa shape index (κ3) is 1.65. The van der Waals surface area contributed by atoms with E-state index in [9.17, 15) is 5.11 Å². The highest BCUT2D eigenvalue weighted by molar-refractivity contribution is 5.20. The molecule has 0 spiro atoms. The number of rotatable bonds is 2. The van der Waals surface area contributed by atoms with E-state index in [1.165, 1.54) is 77.0 Å². The van der Waals surface area contributed by atoms with Gasteiger partial charge in [0.2, 0.25) is 0 Å². The van der Waals surface area contributed by atoms with Gasteiger partial charge in [0.05, 0.1) is 0 Å². The van der Waals surface area contributed by atoms with E-state index in [0.29, 0.717) is 0 Å². The van der Waals surface area contributed by atoms with E-state index in [1.54, 1.807) is 0 Å². The van der Waals surface area contributed by atoms with Crippen molar-refractivity contribution in [1.29, 1.82) is 0 Å². The van der Waals surface area contributed by atoms with Crippen molar-refractivity contribution in [2.75, 3.05) is 0 Å². The summed E-state index contributed by atoms with van der Waals surface area (Å²) in [6.45, 7) is 0. The SMILES string of the molecule is O[C](C12CC3CC(CC(C3)C1)C2)C12CC3CC(CC(C3)C1)C2. The molecule has 22 heavy (non-hydrogen) atoms. The molecule has 1 heteroatoms. The third-order valence-corrected chi connectivity index (χ3v) is 9.08. The van der Waals surface area contributed by atoms with Gasteiger partial charge in [-0.15, -0.1) is 0 Å². The summed E-state index contributed by atoms with van der Waals surface area (Å²) in [7, 11) is 0. The first kappa shape index (κ1) is 13.3. The molecular formula is C21H31O. The largest absolute Gasteiger partial charge is 0.386 e.